The summed E-state index contributed by atoms with van der Waals surface area (Å²) in [7, 11) is 1.46. The number of alkyl carbamates (subject to hydrolysis) is 1. The van der Waals surface area contributed by atoms with Gasteiger partial charge in [-0.1, -0.05) is 0 Å². The molecule has 1 rings (SSSR count). The van der Waals surface area contributed by atoms with Gasteiger partial charge in [-0.25, -0.2) is 4.79 Å². The second-order valence-electron chi connectivity index (χ2n) is 4.57. The first-order valence-corrected chi connectivity index (χ1v) is 5.35. The third-order valence-corrected chi connectivity index (χ3v) is 1.83. The van der Waals surface area contributed by atoms with Crippen LogP contribution in [0.3, 0.4) is 0 Å². The number of nitrogens with zero attached hydrogens (tertiary/aromatic N) is 1. The van der Waals surface area contributed by atoms with E-state index in [1.165, 1.54) is 25.6 Å². The van der Waals surface area contributed by atoms with Gasteiger partial charge < -0.3 is 9.47 Å². The number of rotatable bonds is 2. The predicted molar refractivity (Wildman–Crippen MR) is 64.5 cm³/mol. The Bertz CT molecular complexity index is 452. The third-order valence-electron chi connectivity index (χ3n) is 1.83. The van der Waals surface area contributed by atoms with Gasteiger partial charge in [0.25, 0.3) is 5.91 Å². The summed E-state index contributed by atoms with van der Waals surface area (Å²) in [5.74, 6) is -0.150. The van der Waals surface area contributed by atoms with Gasteiger partial charge in [-0.15, -0.1) is 0 Å². The highest BCUT2D eigenvalue weighted by Crippen LogP contribution is 2.11. The number of amides is 2. The van der Waals surface area contributed by atoms with Crippen LogP contribution in [0.25, 0.3) is 0 Å². The van der Waals surface area contributed by atoms with Gasteiger partial charge in [-0.2, -0.15) is 0 Å². The lowest BCUT2D eigenvalue weighted by atomic mass is 10.2. The molecule has 0 fully saturated rings. The first-order chi connectivity index (χ1) is 8.31. The molecule has 1 N–H and O–H groups in total. The van der Waals surface area contributed by atoms with Crippen LogP contribution in [0.1, 0.15) is 31.1 Å². The topological polar surface area (TPSA) is 77.5 Å². The lowest BCUT2D eigenvalue weighted by Gasteiger charge is -2.19. The molecule has 6 nitrogen and oxygen atoms in total. The second kappa shape index (κ2) is 5.48. The van der Waals surface area contributed by atoms with E-state index in [1.54, 1.807) is 20.8 Å². The standard InChI is InChI=1S/C12H16N2O4/c1-12(2,3)18-11(16)14-10(15)8-5-9(17-4)7-13-6-8/h5-7H,1-4H3,(H,14,15,16). The van der Waals surface area contributed by atoms with E-state index in [0.717, 1.165) is 0 Å². The van der Waals surface area contributed by atoms with E-state index in [4.69, 9.17) is 9.47 Å². The quantitative estimate of drug-likeness (QED) is 0.867. The van der Waals surface area contributed by atoms with Crippen LogP contribution in [-0.4, -0.2) is 29.7 Å². The Balaban J connectivity index is 2.68. The van der Waals surface area contributed by atoms with Crippen LogP contribution in [0, 0.1) is 0 Å². The van der Waals surface area contributed by atoms with Crippen LogP contribution in [0.4, 0.5) is 4.79 Å². The zero-order chi connectivity index (χ0) is 13.8. The fourth-order valence-electron chi connectivity index (χ4n) is 1.12. The normalized spacial score (nSPS) is 10.7. The van der Waals surface area contributed by atoms with Crippen molar-refractivity contribution >= 4 is 12.0 Å². The Labute approximate surface area is 105 Å². The third kappa shape index (κ3) is 4.40. The van der Waals surface area contributed by atoms with Gasteiger partial charge in [0.05, 0.1) is 18.9 Å². The van der Waals surface area contributed by atoms with Crippen molar-refractivity contribution in [3.8, 4) is 5.75 Å². The molecule has 0 aliphatic carbocycles. The lowest BCUT2D eigenvalue weighted by molar-refractivity contribution is 0.0508. The Kier molecular flexibility index (Phi) is 4.25. The number of ether oxygens (including phenoxy) is 2. The van der Waals surface area contributed by atoms with Crippen LogP contribution < -0.4 is 10.1 Å². The fraction of sp³-hybridized carbons (Fsp3) is 0.417. The van der Waals surface area contributed by atoms with Crippen LogP contribution in [0.5, 0.6) is 5.75 Å². The van der Waals surface area contributed by atoms with Crippen molar-refractivity contribution in [3.05, 3.63) is 24.0 Å². The molecule has 1 aromatic heterocycles. The second-order valence-corrected chi connectivity index (χ2v) is 4.57. The molecule has 0 radical (unpaired) electrons. The number of hydrogen-bond acceptors (Lipinski definition) is 5. The maximum absolute atomic E-state index is 11.7. The summed E-state index contributed by atoms with van der Waals surface area (Å²) in [6.45, 7) is 5.14. The van der Waals surface area contributed by atoms with Gasteiger partial charge in [0.2, 0.25) is 0 Å². The highest BCUT2D eigenvalue weighted by atomic mass is 16.6. The number of hydrogen-bond donors (Lipinski definition) is 1. The van der Waals surface area contributed by atoms with E-state index in [0.29, 0.717) is 5.75 Å². The van der Waals surface area contributed by atoms with Gasteiger partial charge in [0.15, 0.2) is 0 Å². The first-order valence-electron chi connectivity index (χ1n) is 5.35. The molecule has 0 aromatic carbocycles. The number of methoxy groups -OCH3 is 1. The summed E-state index contributed by atoms with van der Waals surface area (Å²) in [5.41, 5.74) is -0.433. The molecule has 0 aliphatic heterocycles. The van der Waals surface area contributed by atoms with E-state index in [1.807, 2.05) is 0 Å². The molecule has 0 bridgehead atoms. The molecule has 0 saturated heterocycles. The fourth-order valence-corrected chi connectivity index (χ4v) is 1.12. The summed E-state index contributed by atoms with van der Waals surface area (Å²) in [6.07, 6.45) is 2.00. The summed E-state index contributed by atoms with van der Waals surface area (Å²) in [5, 5.41) is 2.11. The number of carbonyl (C=O) groups excluding carboxylic acids is 2. The lowest BCUT2D eigenvalue weighted by Crippen LogP contribution is -2.36. The molecule has 0 aliphatic rings. The average molecular weight is 252 g/mol. The van der Waals surface area contributed by atoms with E-state index in [-0.39, 0.29) is 5.56 Å². The van der Waals surface area contributed by atoms with Crippen molar-refractivity contribution in [3.63, 3.8) is 0 Å². The first kappa shape index (κ1) is 14.0. The number of imide groups is 1. The molecule has 2 amide bonds. The SMILES string of the molecule is COc1cncc(C(=O)NC(=O)OC(C)(C)C)c1. The maximum Gasteiger partial charge on any atom is 0.414 e. The summed E-state index contributed by atoms with van der Waals surface area (Å²) >= 11 is 0. The van der Waals surface area contributed by atoms with Crippen LogP contribution >= 0.6 is 0 Å². The number of aromatic nitrogens is 1. The van der Waals surface area contributed by atoms with Gasteiger partial charge in [0, 0.05) is 6.20 Å². The summed E-state index contributed by atoms with van der Waals surface area (Å²) in [4.78, 5) is 26.9. The minimum atomic E-state index is -0.796. The Morgan fingerprint density at radius 2 is 1.94 bits per heavy atom. The van der Waals surface area contributed by atoms with E-state index in [2.05, 4.69) is 10.3 Å². The number of pyridine rings is 1. The summed E-state index contributed by atoms with van der Waals surface area (Å²) < 4.78 is 9.90. The zero-order valence-corrected chi connectivity index (χ0v) is 10.8. The highest BCUT2D eigenvalue weighted by Gasteiger charge is 2.19. The van der Waals surface area contributed by atoms with E-state index < -0.39 is 17.6 Å². The van der Waals surface area contributed by atoms with Crippen molar-refractivity contribution in [2.75, 3.05) is 7.11 Å². The van der Waals surface area contributed by atoms with Gasteiger partial charge in [-0.05, 0) is 26.8 Å². The largest absolute Gasteiger partial charge is 0.495 e. The minimum absolute atomic E-state index is 0.222. The smallest absolute Gasteiger partial charge is 0.414 e. The molecule has 6 heteroatoms. The van der Waals surface area contributed by atoms with E-state index in [9.17, 15) is 9.59 Å². The zero-order valence-electron chi connectivity index (χ0n) is 10.8. The Morgan fingerprint density at radius 3 is 2.50 bits per heavy atom. The molecule has 0 spiro atoms. The van der Waals surface area contributed by atoms with Gasteiger partial charge in [0.1, 0.15) is 11.4 Å². The van der Waals surface area contributed by atoms with Crippen LogP contribution in [0.2, 0.25) is 0 Å². The molecule has 1 heterocycles. The van der Waals surface area contributed by atoms with Crippen molar-refractivity contribution in [1.29, 1.82) is 0 Å². The number of carbonyl (C=O) groups is 2. The van der Waals surface area contributed by atoms with Crippen molar-refractivity contribution < 1.29 is 19.1 Å². The van der Waals surface area contributed by atoms with Crippen LogP contribution in [-0.2, 0) is 4.74 Å². The summed E-state index contributed by atoms with van der Waals surface area (Å²) in [6, 6.07) is 1.48. The molecule has 1 aromatic rings. The predicted octanol–water partition coefficient (Wildman–Crippen LogP) is 1.76. The molecule has 0 saturated carbocycles. The molecule has 0 unspecified atom stereocenters. The molecular weight excluding hydrogens is 236 g/mol. The van der Waals surface area contributed by atoms with Crippen molar-refractivity contribution in [2.24, 2.45) is 0 Å². The molecule has 0 atom stereocenters. The van der Waals surface area contributed by atoms with Gasteiger partial charge >= 0.3 is 6.09 Å². The monoisotopic (exact) mass is 252 g/mol. The van der Waals surface area contributed by atoms with Crippen LogP contribution in [0.15, 0.2) is 18.5 Å². The van der Waals surface area contributed by atoms with Gasteiger partial charge in [-0.3, -0.25) is 15.1 Å². The minimum Gasteiger partial charge on any atom is -0.495 e. The van der Waals surface area contributed by atoms with E-state index >= 15 is 0 Å². The molecular formula is C12H16N2O4. The Hall–Kier alpha value is -2.11. The maximum atomic E-state index is 11.7. The molecule has 98 valence electrons. The highest BCUT2D eigenvalue weighted by molar-refractivity contribution is 6.02. The van der Waals surface area contributed by atoms with Crippen molar-refractivity contribution in [1.82, 2.24) is 10.3 Å². The molecule has 18 heavy (non-hydrogen) atoms. The van der Waals surface area contributed by atoms with Crippen molar-refractivity contribution in [2.45, 2.75) is 26.4 Å². The average Bonchev–Trinajstić information content (AvgIpc) is 2.26. The number of nitrogens with one attached hydrogen (secondary N) is 1. The Morgan fingerprint density at radius 1 is 1.28 bits per heavy atom.